The SMILES string of the molecule is CCC(c1cccc(OC)c1)[PH](=O)O. The second-order valence-electron chi connectivity index (χ2n) is 3.08. The third kappa shape index (κ3) is 2.60. The van der Waals surface area contributed by atoms with Crippen molar-refractivity contribution in [2.45, 2.75) is 19.0 Å². The lowest BCUT2D eigenvalue weighted by Crippen LogP contribution is -1.92. The monoisotopic (exact) mass is 214 g/mol. The van der Waals surface area contributed by atoms with E-state index in [1.807, 2.05) is 31.2 Å². The molecule has 0 bridgehead atoms. The minimum atomic E-state index is -2.51. The average molecular weight is 214 g/mol. The highest BCUT2D eigenvalue weighted by Gasteiger charge is 2.14. The lowest BCUT2D eigenvalue weighted by Gasteiger charge is -2.12. The van der Waals surface area contributed by atoms with Crippen LogP contribution in [0.1, 0.15) is 24.6 Å². The highest BCUT2D eigenvalue weighted by Crippen LogP contribution is 2.40. The van der Waals surface area contributed by atoms with Crippen molar-refractivity contribution in [3.05, 3.63) is 29.8 Å². The van der Waals surface area contributed by atoms with Gasteiger partial charge in [0, 0.05) is 0 Å². The van der Waals surface area contributed by atoms with Gasteiger partial charge in [0.1, 0.15) is 5.75 Å². The maximum atomic E-state index is 11.1. The summed E-state index contributed by atoms with van der Waals surface area (Å²) in [7, 11) is -0.921. The Morgan fingerprint density at radius 3 is 2.79 bits per heavy atom. The molecule has 1 N–H and O–H groups in total. The highest BCUT2D eigenvalue weighted by atomic mass is 31.1. The van der Waals surface area contributed by atoms with Crippen LogP contribution in [0.2, 0.25) is 0 Å². The molecule has 0 aromatic heterocycles. The first-order valence-electron chi connectivity index (χ1n) is 4.55. The van der Waals surface area contributed by atoms with Crippen molar-refractivity contribution in [2.24, 2.45) is 0 Å². The highest BCUT2D eigenvalue weighted by molar-refractivity contribution is 7.38. The van der Waals surface area contributed by atoms with Crippen molar-refractivity contribution in [3.8, 4) is 5.75 Å². The summed E-state index contributed by atoms with van der Waals surface area (Å²) in [4.78, 5) is 9.13. The van der Waals surface area contributed by atoms with Crippen LogP contribution >= 0.6 is 8.03 Å². The van der Waals surface area contributed by atoms with Crippen LogP contribution in [0.3, 0.4) is 0 Å². The number of benzene rings is 1. The molecule has 2 unspecified atom stereocenters. The van der Waals surface area contributed by atoms with Gasteiger partial charge in [0.25, 0.3) is 0 Å². The summed E-state index contributed by atoms with van der Waals surface area (Å²) in [5.74, 6) is 0.726. The van der Waals surface area contributed by atoms with E-state index in [9.17, 15) is 4.57 Å². The first kappa shape index (κ1) is 11.3. The van der Waals surface area contributed by atoms with E-state index in [1.165, 1.54) is 0 Å². The Morgan fingerprint density at radius 2 is 2.29 bits per heavy atom. The van der Waals surface area contributed by atoms with Crippen molar-refractivity contribution in [1.29, 1.82) is 0 Å². The molecule has 0 radical (unpaired) electrons. The molecule has 1 rings (SSSR count). The van der Waals surface area contributed by atoms with Crippen molar-refractivity contribution < 1.29 is 14.2 Å². The smallest absolute Gasteiger partial charge is 0.196 e. The molecule has 0 aliphatic heterocycles. The molecule has 0 aliphatic carbocycles. The Bertz CT molecular complexity index is 325. The van der Waals surface area contributed by atoms with Crippen molar-refractivity contribution in [2.75, 3.05) is 7.11 Å². The predicted molar refractivity (Wildman–Crippen MR) is 57.2 cm³/mol. The van der Waals surface area contributed by atoms with Gasteiger partial charge in [0.2, 0.25) is 0 Å². The molecule has 0 fully saturated rings. The van der Waals surface area contributed by atoms with Gasteiger partial charge in [-0.25, -0.2) is 0 Å². The van der Waals surface area contributed by atoms with Crippen molar-refractivity contribution >= 4 is 8.03 Å². The predicted octanol–water partition coefficient (Wildman–Crippen LogP) is 2.61. The fourth-order valence-corrected chi connectivity index (χ4v) is 2.23. The van der Waals surface area contributed by atoms with Gasteiger partial charge in [-0.15, -0.1) is 0 Å². The van der Waals surface area contributed by atoms with Crippen LogP contribution in [0.4, 0.5) is 0 Å². The molecule has 4 heteroatoms. The van der Waals surface area contributed by atoms with Gasteiger partial charge in [-0.1, -0.05) is 19.1 Å². The fourth-order valence-electron chi connectivity index (χ4n) is 1.41. The van der Waals surface area contributed by atoms with E-state index in [0.717, 1.165) is 11.3 Å². The van der Waals surface area contributed by atoms with Gasteiger partial charge >= 0.3 is 0 Å². The summed E-state index contributed by atoms with van der Waals surface area (Å²) in [6, 6.07) is 7.33. The molecule has 0 amide bonds. The van der Waals surface area contributed by atoms with Crippen molar-refractivity contribution in [3.63, 3.8) is 0 Å². The molecule has 78 valence electrons. The molecule has 1 aromatic carbocycles. The number of methoxy groups -OCH3 is 1. The van der Waals surface area contributed by atoms with E-state index in [1.54, 1.807) is 7.11 Å². The summed E-state index contributed by atoms with van der Waals surface area (Å²) < 4.78 is 16.1. The molecule has 1 aromatic rings. The fraction of sp³-hybridized carbons (Fsp3) is 0.400. The van der Waals surface area contributed by atoms with Crippen LogP contribution in [0.15, 0.2) is 24.3 Å². The first-order valence-corrected chi connectivity index (χ1v) is 5.99. The summed E-state index contributed by atoms with van der Waals surface area (Å²) >= 11 is 0. The Balaban J connectivity index is 2.98. The molecule has 0 saturated heterocycles. The quantitative estimate of drug-likeness (QED) is 0.783. The summed E-state index contributed by atoms with van der Waals surface area (Å²) in [6.45, 7) is 1.91. The number of rotatable bonds is 4. The van der Waals surface area contributed by atoms with Crippen LogP contribution < -0.4 is 4.74 Å². The molecule has 0 heterocycles. The lowest BCUT2D eigenvalue weighted by molar-refractivity contribution is 0.414. The zero-order valence-corrected chi connectivity index (χ0v) is 9.36. The van der Waals surface area contributed by atoms with Gasteiger partial charge in [0.05, 0.1) is 12.8 Å². The summed E-state index contributed by atoms with van der Waals surface area (Å²) in [6.07, 6.45) is 0.668. The minimum absolute atomic E-state index is 0.255. The first-order chi connectivity index (χ1) is 6.69. The summed E-state index contributed by atoms with van der Waals surface area (Å²) in [5.41, 5.74) is 0.619. The topological polar surface area (TPSA) is 46.5 Å². The zero-order chi connectivity index (χ0) is 10.6. The third-order valence-electron chi connectivity index (χ3n) is 2.20. The number of hydrogen-bond donors (Lipinski definition) is 1. The van der Waals surface area contributed by atoms with Gasteiger partial charge < -0.3 is 9.63 Å². The Morgan fingerprint density at radius 1 is 1.57 bits per heavy atom. The van der Waals surface area contributed by atoms with Crippen LogP contribution in [0.25, 0.3) is 0 Å². The van der Waals surface area contributed by atoms with E-state index in [0.29, 0.717) is 6.42 Å². The van der Waals surface area contributed by atoms with E-state index >= 15 is 0 Å². The average Bonchev–Trinajstić information content (AvgIpc) is 2.19. The van der Waals surface area contributed by atoms with E-state index in [2.05, 4.69) is 0 Å². The van der Waals surface area contributed by atoms with Gasteiger partial charge in [-0.3, -0.25) is 4.57 Å². The molecule has 0 aliphatic rings. The van der Waals surface area contributed by atoms with Gasteiger partial charge in [-0.2, -0.15) is 0 Å². The number of hydrogen-bond acceptors (Lipinski definition) is 2. The Labute approximate surface area is 84.6 Å². The molecule has 0 saturated carbocycles. The molecule has 3 nitrogen and oxygen atoms in total. The lowest BCUT2D eigenvalue weighted by atomic mass is 10.1. The van der Waals surface area contributed by atoms with E-state index in [4.69, 9.17) is 9.63 Å². The maximum Gasteiger partial charge on any atom is 0.196 e. The van der Waals surface area contributed by atoms with Crippen LogP contribution in [0, 0.1) is 0 Å². The standard InChI is InChI=1S/C10H15O3P/c1-3-10(14(11)12)8-5-4-6-9(7-8)13-2/h4-7,10,14H,3H2,1-2H3,(H,11,12). The minimum Gasteiger partial charge on any atom is -0.497 e. The second-order valence-corrected chi connectivity index (χ2v) is 4.45. The molecule has 14 heavy (non-hydrogen) atoms. The Hall–Kier alpha value is -0.790. The molecule has 0 spiro atoms. The van der Waals surface area contributed by atoms with Crippen molar-refractivity contribution in [1.82, 2.24) is 0 Å². The second kappa shape index (κ2) is 5.18. The van der Waals surface area contributed by atoms with E-state index < -0.39 is 8.03 Å². The molecular weight excluding hydrogens is 199 g/mol. The zero-order valence-electron chi connectivity index (χ0n) is 8.36. The Kier molecular flexibility index (Phi) is 4.18. The van der Waals surface area contributed by atoms with Crippen LogP contribution in [0.5, 0.6) is 5.75 Å². The largest absolute Gasteiger partial charge is 0.497 e. The van der Waals surface area contributed by atoms with Crippen LogP contribution in [-0.2, 0) is 4.57 Å². The van der Waals surface area contributed by atoms with Crippen LogP contribution in [-0.4, -0.2) is 12.0 Å². The van der Waals surface area contributed by atoms with Gasteiger partial charge in [0.15, 0.2) is 8.03 Å². The van der Waals surface area contributed by atoms with Gasteiger partial charge in [-0.05, 0) is 24.1 Å². The third-order valence-corrected chi connectivity index (χ3v) is 3.54. The molecule has 2 atom stereocenters. The molecular formula is C10H15O3P. The summed E-state index contributed by atoms with van der Waals surface area (Å²) in [5, 5.41) is 0. The van der Waals surface area contributed by atoms with E-state index in [-0.39, 0.29) is 5.66 Å². The normalized spacial score (nSPS) is 14.8. The maximum absolute atomic E-state index is 11.1. The number of ether oxygens (including phenoxy) is 1.